The van der Waals surface area contributed by atoms with E-state index in [9.17, 15) is 10.1 Å². The number of rotatable bonds is 4. The molecule has 0 fully saturated rings. The zero-order chi connectivity index (χ0) is 18.8. The zero-order valence-corrected chi connectivity index (χ0v) is 15.6. The van der Waals surface area contributed by atoms with E-state index in [1.807, 2.05) is 12.1 Å². The molecule has 2 aromatic rings. The molecule has 6 heteroatoms. The Balaban J connectivity index is 2.29. The van der Waals surface area contributed by atoms with E-state index in [0.29, 0.717) is 12.2 Å². The standard InChI is InChI=1S/C20H24N2O4/c1-13-6-5-7-14(10-13)17-12-21(2)9-8-15-16(17)11-18(25-3)20(26-4)19(15)22(23)24/h5-7,10-11,17H,8-9,12H2,1-4H3. The van der Waals surface area contributed by atoms with Gasteiger partial charge in [-0.1, -0.05) is 29.8 Å². The van der Waals surface area contributed by atoms with Crippen molar-refractivity contribution in [2.75, 3.05) is 34.4 Å². The van der Waals surface area contributed by atoms with Gasteiger partial charge in [0.2, 0.25) is 5.75 Å². The van der Waals surface area contributed by atoms with Crippen molar-refractivity contribution in [1.29, 1.82) is 0 Å². The van der Waals surface area contributed by atoms with Gasteiger partial charge in [0, 0.05) is 24.6 Å². The second-order valence-corrected chi connectivity index (χ2v) is 6.76. The van der Waals surface area contributed by atoms with Crippen LogP contribution < -0.4 is 9.47 Å². The third kappa shape index (κ3) is 3.24. The largest absolute Gasteiger partial charge is 0.493 e. The van der Waals surface area contributed by atoms with Crippen molar-refractivity contribution < 1.29 is 14.4 Å². The molecule has 0 radical (unpaired) electrons. The molecule has 2 aromatic carbocycles. The van der Waals surface area contributed by atoms with Gasteiger partial charge >= 0.3 is 5.69 Å². The maximum Gasteiger partial charge on any atom is 0.318 e. The quantitative estimate of drug-likeness (QED) is 0.619. The first-order valence-corrected chi connectivity index (χ1v) is 8.63. The number of hydrogen-bond donors (Lipinski definition) is 0. The summed E-state index contributed by atoms with van der Waals surface area (Å²) in [6, 6.07) is 10.2. The number of methoxy groups -OCH3 is 2. The number of nitrogens with zero attached hydrogens (tertiary/aromatic N) is 2. The molecule has 1 aliphatic rings. The van der Waals surface area contributed by atoms with Crippen LogP contribution in [0.2, 0.25) is 0 Å². The Morgan fingerprint density at radius 1 is 1.23 bits per heavy atom. The first-order chi connectivity index (χ1) is 12.5. The summed E-state index contributed by atoms with van der Waals surface area (Å²) >= 11 is 0. The summed E-state index contributed by atoms with van der Waals surface area (Å²) < 4.78 is 10.8. The fourth-order valence-corrected chi connectivity index (χ4v) is 3.78. The van der Waals surface area contributed by atoms with Crippen molar-refractivity contribution in [3.63, 3.8) is 0 Å². The van der Waals surface area contributed by atoms with Crippen molar-refractivity contribution in [2.45, 2.75) is 19.3 Å². The number of aryl methyl sites for hydroxylation is 1. The third-order valence-corrected chi connectivity index (χ3v) is 5.02. The van der Waals surface area contributed by atoms with Gasteiger partial charge in [-0.05, 0) is 37.6 Å². The summed E-state index contributed by atoms with van der Waals surface area (Å²) in [7, 11) is 5.01. The average Bonchev–Trinajstić information content (AvgIpc) is 2.78. The van der Waals surface area contributed by atoms with Crippen molar-refractivity contribution >= 4 is 5.69 Å². The lowest BCUT2D eigenvalue weighted by atomic mass is 9.86. The van der Waals surface area contributed by atoms with Crippen LogP contribution in [0.3, 0.4) is 0 Å². The predicted molar refractivity (Wildman–Crippen MR) is 100 cm³/mol. The summed E-state index contributed by atoms with van der Waals surface area (Å²) in [6.07, 6.45) is 0.602. The first kappa shape index (κ1) is 18.2. The van der Waals surface area contributed by atoms with Crippen molar-refractivity contribution in [3.8, 4) is 11.5 Å². The highest BCUT2D eigenvalue weighted by atomic mass is 16.6. The van der Waals surface area contributed by atoms with Gasteiger partial charge < -0.3 is 14.4 Å². The number of likely N-dealkylation sites (N-methyl/N-ethyl adjacent to an activating group) is 1. The number of nitro benzene ring substituents is 1. The van der Waals surface area contributed by atoms with E-state index < -0.39 is 0 Å². The molecule has 0 spiro atoms. The van der Waals surface area contributed by atoms with Crippen molar-refractivity contribution in [1.82, 2.24) is 4.90 Å². The van der Waals surface area contributed by atoms with Crippen LogP contribution in [0.1, 0.15) is 28.2 Å². The van der Waals surface area contributed by atoms with E-state index in [0.717, 1.165) is 29.8 Å². The molecule has 0 amide bonds. The molecule has 1 aliphatic heterocycles. The minimum absolute atomic E-state index is 0.0230. The highest BCUT2D eigenvalue weighted by Gasteiger charge is 2.34. The second kappa shape index (κ2) is 7.33. The Morgan fingerprint density at radius 2 is 2.00 bits per heavy atom. The molecular formula is C20H24N2O4. The number of fused-ring (bicyclic) bond motifs is 1. The fourth-order valence-electron chi connectivity index (χ4n) is 3.78. The molecule has 1 unspecified atom stereocenters. The first-order valence-electron chi connectivity index (χ1n) is 8.63. The molecule has 3 rings (SSSR count). The molecule has 0 saturated heterocycles. The predicted octanol–water partition coefficient (Wildman–Crippen LogP) is 3.54. The molecule has 1 heterocycles. The number of nitro groups is 1. The van der Waals surface area contributed by atoms with Gasteiger partial charge in [-0.25, -0.2) is 0 Å². The summed E-state index contributed by atoms with van der Waals surface area (Å²) in [5.41, 5.74) is 4.04. The van der Waals surface area contributed by atoms with Gasteiger partial charge in [-0.3, -0.25) is 10.1 Å². The van der Waals surface area contributed by atoms with E-state index in [1.165, 1.54) is 19.8 Å². The van der Waals surface area contributed by atoms with Gasteiger partial charge in [-0.2, -0.15) is 0 Å². The van der Waals surface area contributed by atoms with Gasteiger partial charge in [0.25, 0.3) is 0 Å². The van der Waals surface area contributed by atoms with Crippen LogP contribution in [-0.4, -0.2) is 44.2 Å². The number of ether oxygens (including phenoxy) is 2. The minimum atomic E-state index is -0.348. The molecule has 6 nitrogen and oxygen atoms in total. The van der Waals surface area contributed by atoms with Crippen LogP contribution in [0.15, 0.2) is 30.3 Å². The smallest absolute Gasteiger partial charge is 0.318 e. The molecule has 0 saturated carbocycles. The highest BCUT2D eigenvalue weighted by Crippen LogP contribution is 2.46. The Hall–Kier alpha value is -2.60. The lowest BCUT2D eigenvalue weighted by molar-refractivity contribution is -0.386. The van der Waals surface area contributed by atoms with Crippen LogP contribution in [-0.2, 0) is 6.42 Å². The minimum Gasteiger partial charge on any atom is -0.493 e. The molecule has 0 aliphatic carbocycles. The monoisotopic (exact) mass is 356 g/mol. The van der Waals surface area contributed by atoms with E-state index in [1.54, 1.807) is 0 Å². The van der Waals surface area contributed by atoms with E-state index in [-0.39, 0.29) is 22.3 Å². The summed E-state index contributed by atoms with van der Waals surface area (Å²) in [5, 5.41) is 11.9. The molecule has 138 valence electrons. The topological polar surface area (TPSA) is 64.8 Å². The third-order valence-electron chi connectivity index (χ3n) is 5.02. The molecule has 26 heavy (non-hydrogen) atoms. The molecule has 1 atom stereocenters. The molecule has 0 bridgehead atoms. The van der Waals surface area contributed by atoms with Crippen molar-refractivity contribution in [3.05, 3.63) is 62.7 Å². The van der Waals surface area contributed by atoms with Crippen LogP contribution >= 0.6 is 0 Å². The second-order valence-electron chi connectivity index (χ2n) is 6.76. The lowest BCUT2D eigenvalue weighted by Gasteiger charge is -2.23. The SMILES string of the molecule is COc1cc2c(c([N+](=O)[O-])c1OC)CCN(C)CC2c1cccc(C)c1. The Labute approximate surface area is 153 Å². The van der Waals surface area contributed by atoms with E-state index >= 15 is 0 Å². The number of hydrogen-bond acceptors (Lipinski definition) is 5. The maximum atomic E-state index is 11.9. The van der Waals surface area contributed by atoms with Crippen LogP contribution in [0, 0.1) is 17.0 Å². The number of benzene rings is 2. The van der Waals surface area contributed by atoms with E-state index in [2.05, 4.69) is 37.1 Å². The van der Waals surface area contributed by atoms with Gasteiger partial charge in [0.05, 0.1) is 19.1 Å². The normalized spacial score (nSPS) is 17.3. The average molecular weight is 356 g/mol. The lowest BCUT2D eigenvalue weighted by Crippen LogP contribution is -2.24. The fraction of sp³-hybridized carbons (Fsp3) is 0.400. The Kier molecular flexibility index (Phi) is 5.13. The van der Waals surface area contributed by atoms with Gasteiger partial charge in [0.15, 0.2) is 5.75 Å². The molecule has 0 aromatic heterocycles. The summed E-state index contributed by atoms with van der Waals surface area (Å²) in [4.78, 5) is 13.7. The maximum absolute atomic E-state index is 11.9. The molecule has 0 N–H and O–H groups in total. The van der Waals surface area contributed by atoms with Gasteiger partial charge in [0.1, 0.15) is 0 Å². The van der Waals surface area contributed by atoms with E-state index in [4.69, 9.17) is 9.47 Å². The Morgan fingerprint density at radius 3 is 2.62 bits per heavy atom. The van der Waals surface area contributed by atoms with Crippen LogP contribution in [0.4, 0.5) is 5.69 Å². The zero-order valence-electron chi connectivity index (χ0n) is 15.6. The highest BCUT2D eigenvalue weighted by molar-refractivity contribution is 5.65. The van der Waals surface area contributed by atoms with Crippen LogP contribution in [0.5, 0.6) is 11.5 Å². The summed E-state index contributed by atoms with van der Waals surface area (Å²) in [6.45, 7) is 3.61. The Bertz CT molecular complexity index is 835. The van der Waals surface area contributed by atoms with Crippen LogP contribution in [0.25, 0.3) is 0 Å². The molecular weight excluding hydrogens is 332 g/mol. The summed E-state index contributed by atoms with van der Waals surface area (Å²) in [5.74, 6) is 0.639. The van der Waals surface area contributed by atoms with Gasteiger partial charge in [-0.15, -0.1) is 0 Å². The van der Waals surface area contributed by atoms with Crippen molar-refractivity contribution in [2.24, 2.45) is 0 Å².